The van der Waals surface area contributed by atoms with Gasteiger partial charge in [0.05, 0.1) is 16.7 Å². The summed E-state index contributed by atoms with van der Waals surface area (Å²) in [6.07, 6.45) is 0. The summed E-state index contributed by atoms with van der Waals surface area (Å²) in [6, 6.07) is 84.5. The molecule has 0 radical (unpaired) electrons. The molecule has 63 heavy (non-hydrogen) atoms. The average molecular weight is 805 g/mol. The smallest absolute Gasteiger partial charge is 0.0588 e. The minimum Gasteiger partial charge on any atom is -0.310 e. The molecule has 0 bridgehead atoms. The van der Waals surface area contributed by atoms with E-state index >= 15 is 0 Å². The van der Waals surface area contributed by atoms with Crippen LogP contribution >= 0.6 is 0 Å². The van der Waals surface area contributed by atoms with E-state index in [0.29, 0.717) is 0 Å². The third-order valence-electron chi connectivity index (χ3n) is 13.3. The first kappa shape index (κ1) is 36.9. The van der Waals surface area contributed by atoms with Crippen LogP contribution in [0.15, 0.2) is 231 Å². The standard InChI is InChI=1S/C61H44N2/c1-61(2)55-28-15-14-25-50(55)53-37-38-54-58-52-27-13-12-26-51(52)56(40-57(58)63(60(54)59(53)61)48-35-31-45(32-36-48)42-19-8-4-9-20-42)62(47-33-29-44(30-34-47)41-17-6-3-7-18-41)49-24-16-23-46(39-49)43-21-10-5-11-22-43/h3-40H,1-2H3. The zero-order valence-electron chi connectivity index (χ0n) is 35.3. The molecule has 10 aromatic carbocycles. The van der Waals surface area contributed by atoms with Gasteiger partial charge in [0.2, 0.25) is 0 Å². The van der Waals surface area contributed by atoms with Gasteiger partial charge in [-0.15, -0.1) is 0 Å². The lowest BCUT2D eigenvalue weighted by molar-refractivity contribution is 0.664. The molecule has 1 heterocycles. The van der Waals surface area contributed by atoms with Crippen LogP contribution < -0.4 is 4.90 Å². The van der Waals surface area contributed by atoms with Crippen molar-refractivity contribution < 1.29 is 0 Å². The Bertz CT molecular complexity index is 3490. The van der Waals surface area contributed by atoms with Crippen molar-refractivity contribution in [3.63, 3.8) is 0 Å². The van der Waals surface area contributed by atoms with Crippen molar-refractivity contribution in [2.24, 2.45) is 0 Å². The molecule has 0 spiro atoms. The third kappa shape index (κ3) is 5.94. The van der Waals surface area contributed by atoms with E-state index in [9.17, 15) is 0 Å². The van der Waals surface area contributed by atoms with Crippen molar-refractivity contribution in [3.8, 4) is 50.2 Å². The first-order valence-electron chi connectivity index (χ1n) is 21.9. The van der Waals surface area contributed by atoms with Gasteiger partial charge in [0.1, 0.15) is 0 Å². The zero-order valence-corrected chi connectivity index (χ0v) is 35.3. The number of aromatic nitrogens is 1. The van der Waals surface area contributed by atoms with Crippen LogP contribution in [0.5, 0.6) is 0 Å². The molecular formula is C61H44N2. The van der Waals surface area contributed by atoms with Gasteiger partial charge in [0, 0.05) is 38.6 Å². The maximum Gasteiger partial charge on any atom is 0.0588 e. The van der Waals surface area contributed by atoms with E-state index in [1.165, 1.54) is 88.2 Å². The van der Waals surface area contributed by atoms with Crippen LogP contribution in [0.3, 0.4) is 0 Å². The molecule has 11 aromatic rings. The van der Waals surface area contributed by atoms with E-state index in [-0.39, 0.29) is 5.41 Å². The van der Waals surface area contributed by atoms with Crippen LogP contribution in [0.1, 0.15) is 25.0 Å². The van der Waals surface area contributed by atoms with Crippen molar-refractivity contribution in [2.45, 2.75) is 19.3 Å². The van der Waals surface area contributed by atoms with Crippen LogP contribution in [0.4, 0.5) is 17.1 Å². The second-order valence-electron chi connectivity index (χ2n) is 17.3. The number of benzene rings is 10. The quantitative estimate of drug-likeness (QED) is 0.156. The van der Waals surface area contributed by atoms with Crippen LogP contribution in [0.2, 0.25) is 0 Å². The Balaban J connectivity index is 1.17. The minimum absolute atomic E-state index is 0.218. The maximum absolute atomic E-state index is 2.57. The number of fused-ring (bicyclic) bond motifs is 9. The molecule has 0 fully saturated rings. The number of anilines is 3. The fourth-order valence-corrected chi connectivity index (χ4v) is 10.4. The molecule has 0 atom stereocenters. The van der Waals surface area contributed by atoms with E-state index in [2.05, 4.69) is 254 Å². The van der Waals surface area contributed by atoms with Gasteiger partial charge in [-0.1, -0.05) is 202 Å². The monoisotopic (exact) mass is 804 g/mol. The predicted octanol–water partition coefficient (Wildman–Crippen LogP) is 16.7. The van der Waals surface area contributed by atoms with Gasteiger partial charge >= 0.3 is 0 Å². The molecule has 298 valence electrons. The highest BCUT2D eigenvalue weighted by atomic mass is 15.1. The van der Waals surface area contributed by atoms with E-state index in [1.54, 1.807) is 0 Å². The number of nitrogens with zero attached hydrogens (tertiary/aromatic N) is 2. The van der Waals surface area contributed by atoms with Gasteiger partial charge in [-0.25, -0.2) is 0 Å². The summed E-state index contributed by atoms with van der Waals surface area (Å²) in [5, 5.41) is 4.96. The molecule has 0 saturated carbocycles. The number of hydrogen-bond donors (Lipinski definition) is 0. The van der Waals surface area contributed by atoms with Crippen molar-refractivity contribution in [3.05, 3.63) is 242 Å². The third-order valence-corrected chi connectivity index (χ3v) is 13.3. The lowest BCUT2D eigenvalue weighted by Crippen LogP contribution is -2.16. The van der Waals surface area contributed by atoms with E-state index < -0.39 is 0 Å². The first-order chi connectivity index (χ1) is 31.0. The molecule has 1 aliphatic carbocycles. The second-order valence-corrected chi connectivity index (χ2v) is 17.3. The van der Waals surface area contributed by atoms with Gasteiger partial charge in [-0.2, -0.15) is 0 Å². The van der Waals surface area contributed by atoms with Gasteiger partial charge in [0.25, 0.3) is 0 Å². The van der Waals surface area contributed by atoms with Gasteiger partial charge in [-0.3, -0.25) is 0 Å². The molecule has 0 amide bonds. The molecule has 2 heteroatoms. The van der Waals surface area contributed by atoms with Crippen molar-refractivity contribution in [2.75, 3.05) is 4.90 Å². The summed E-state index contributed by atoms with van der Waals surface area (Å²) in [6.45, 7) is 4.81. The lowest BCUT2D eigenvalue weighted by Gasteiger charge is -2.28. The van der Waals surface area contributed by atoms with Crippen LogP contribution in [-0.4, -0.2) is 4.57 Å². The molecular weight excluding hydrogens is 761 g/mol. The van der Waals surface area contributed by atoms with E-state index in [0.717, 1.165) is 22.7 Å². The summed E-state index contributed by atoms with van der Waals surface area (Å²) in [5.74, 6) is 0. The fraction of sp³-hybridized carbons (Fsp3) is 0.0492. The highest BCUT2D eigenvalue weighted by Crippen LogP contribution is 2.54. The fourth-order valence-electron chi connectivity index (χ4n) is 10.4. The van der Waals surface area contributed by atoms with E-state index in [4.69, 9.17) is 0 Å². The van der Waals surface area contributed by atoms with Gasteiger partial charge < -0.3 is 9.47 Å². The average Bonchev–Trinajstić information content (AvgIpc) is 3.81. The maximum atomic E-state index is 2.57. The first-order valence-corrected chi connectivity index (χ1v) is 21.9. The normalized spacial score (nSPS) is 12.7. The summed E-state index contributed by atoms with van der Waals surface area (Å²) < 4.78 is 2.57. The van der Waals surface area contributed by atoms with Gasteiger partial charge in [-0.05, 0) is 103 Å². The van der Waals surface area contributed by atoms with Crippen molar-refractivity contribution in [1.82, 2.24) is 4.57 Å². The summed E-state index contributed by atoms with van der Waals surface area (Å²) in [4.78, 5) is 2.47. The van der Waals surface area contributed by atoms with E-state index in [1.807, 2.05) is 0 Å². The molecule has 1 aromatic heterocycles. The molecule has 12 rings (SSSR count). The Labute approximate surface area is 368 Å². The van der Waals surface area contributed by atoms with Crippen LogP contribution in [-0.2, 0) is 5.41 Å². The predicted molar refractivity (Wildman–Crippen MR) is 267 cm³/mol. The van der Waals surface area contributed by atoms with Crippen LogP contribution in [0.25, 0.3) is 82.8 Å². The Morgan fingerprint density at radius 2 is 0.921 bits per heavy atom. The van der Waals surface area contributed by atoms with Crippen molar-refractivity contribution >= 4 is 49.6 Å². The molecule has 0 N–H and O–H groups in total. The number of rotatable bonds is 7. The highest BCUT2D eigenvalue weighted by molar-refractivity contribution is 6.26. The second kappa shape index (κ2) is 14.6. The lowest BCUT2D eigenvalue weighted by atomic mass is 9.81. The van der Waals surface area contributed by atoms with Crippen molar-refractivity contribution in [1.29, 1.82) is 0 Å². The Hall–Kier alpha value is -7.94. The minimum atomic E-state index is -0.218. The topological polar surface area (TPSA) is 8.17 Å². The Morgan fingerprint density at radius 1 is 0.381 bits per heavy atom. The largest absolute Gasteiger partial charge is 0.310 e. The molecule has 1 aliphatic rings. The SMILES string of the molecule is CC1(C)c2ccccc2-c2ccc3c4c5ccccc5c(N(c5ccc(-c6ccccc6)cc5)c5cccc(-c6ccccc6)c5)cc4n(-c4ccc(-c5ccccc5)cc4)c3c21. The van der Waals surface area contributed by atoms with Crippen LogP contribution in [0, 0.1) is 0 Å². The summed E-state index contributed by atoms with van der Waals surface area (Å²) in [7, 11) is 0. The molecule has 2 nitrogen and oxygen atoms in total. The Morgan fingerprint density at radius 3 is 1.59 bits per heavy atom. The number of hydrogen-bond acceptors (Lipinski definition) is 1. The molecule has 0 saturated heterocycles. The summed E-state index contributed by atoms with van der Waals surface area (Å²) >= 11 is 0. The molecule has 0 aliphatic heterocycles. The zero-order chi connectivity index (χ0) is 42.1. The Kier molecular flexibility index (Phi) is 8.55. The van der Waals surface area contributed by atoms with Gasteiger partial charge in [0.15, 0.2) is 0 Å². The summed E-state index contributed by atoms with van der Waals surface area (Å²) in [5.41, 5.74) is 19.2. The highest BCUT2D eigenvalue weighted by Gasteiger charge is 2.38. The molecule has 0 unspecified atom stereocenters.